The Morgan fingerprint density at radius 1 is 0.818 bits per heavy atom. The molecule has 18 heteroatoms. The van der Waals surface area contributed by atoms with E-state index < -0.39 is 60.6 Å². The van der Waals surface area contributed by atoms with E-state index in [-0.39, 0.29) is 17.6 Å². The predicted octanol–water partition coefficient (Wildman–Crippen LogP) is 6.63. The van der Waals surface area contributed by atoms with Crippen LogP contribution in [0.4, 0.5) is 26.3 Å². The van der Waals surface area contributed by atoms with Gasteiger partial charge in [-0.25, -0.2) is 9.59 Å². The summed E-state index contributed by atoms with van der Waals surface area (Å²) in [5.74, 6) is -10.3. The molecule has 0 saturated heterocycles. The lowest BCUT2D eigenvalue weighted by Gasteiger charge is -2.29. The highest BCUT2D eigenvalue weighted by Gasteiger charge is 2.83. The minimum Gasteiger partial charge on any atom is -0.422 e. The van der Waals surface area contributed by atoms with Crippen LogP contribution in [0.2, 0.25) is 0 Å². The first-order valence-corrected chi connectivity index (χ1v) is 16.2. The second kappa shape index (κ2) is 15.9. The molecule has 1 aromatic rings. The van der Waals surface area contributed by atoms with Gasteiger partial charge in [0, 0.05) is 12.0 Å². The van der Waals surface area contributed by atoms with Gasteiger partial charge in [-0.15, -0.1) is 0 Å². The standard InChI is InChI=1S/C26H34F6O10S2/c1-4-5-6-7-8-9-10-11-12-13-21(40-22(33)18(2)3)41-23(34)19-14-16-20(17-15-19)42-44(38,39)26(31,32)24(27,28)25(29,30)43(35,36)37/h14-17,21H,2,4-13H2,1,3H3,(H,35,36,37). The van der Waals surface area contributed by atoms with Crippen LogP contribution in [0.3, 0.4) is 0 Å². The highest BCUT2D eigenvalue weighted by molar-refractivity contribution is 7.88. The molecule has 0 aliphatic heterocycles. The molecule has 0 spiro atoms. The topological polar surface area (TPSA) is 150 Å². The summed E-state index contributed by atoms with van der Waals surface area (Å²) in [6, 6.07) is 2.45. The molecule has 1 atom stereocenters. The number of ether oxygens (including phenoxy) is 2. The van der Waals surface area contributed by atoms with E-state index in [9.17, 15) is 52.8 Å². The van der Waals surface area contributed by atoms with Gasteiger partial charge in [0.1, 0.15) is 5.75 Å². The maximum atomic E-state index is 14.0. The molecule has 0 aliphatic rings. The Morgan fingerprint density at radius 2 is 1.30 bits per heavy atom. The highest BCUT2D eigenvalue weighted by Crippen LogP contribution is 2.50. The lowest BCUT2D eigenvalue weighted by atomic mass is 10.1. The molecular formula is C26H34F6O10S2. The van der Waals surface area contributed by atoms with Crippen LogP contribution in [-0.2, 0) is 34.5 Å². The van der Waals surface area contributed by atoms with Crippen molar-refractivity contribution in [2.24, 2.45) is 0 Å². The Morgan fingerprint density at radius 3 is 1.75 bits per heavy atom. The minimum atomic E-state index is -7.20. The summed E-state index contributed by atoms with van der Waals surface area (Å²) in [6.07, 6.45) is 7.55. The van der Waals surface area contributed by atoms with Gasteiger partial charge >= 0.3 is 48.6 Å². The summed E-state index contributed by atoms with van der Waals surface area (Å²) in [5, 5.41) is -13.8. The largest absolute Gasteiger partial charge is 0.450 e. The van der Waals surface area contributed by atoms with Crippen molar-refractivity contribution in [3.8, 4) is 5.75 Å². The number of carbonyl (C=O) groups is 2. The second-order valence-electron chi connectivity index (χ2n) is 9.78. The van der Waals surface area contributed by atoms with E-state index in [2.05, 4.69) is 17.7 Å². The van der Waals surface area contributed by atoms with Gasteiger partial charge in [0.05, 0.1) is 5.56 Å². The van der Waals surface area contributed by atoms with Gasteiger partial charge < -0.3 is 13.7 Å². The molecule has 0 radical (unpaired) electrons. The molecule has 0 aromatic heterocycles. The highest BCUT2D eigenvalue weighted by atomic mass is 32.2. The monoisotopic (exact) mass is 684 g/mol. The molecule has 1 unspecified atom stereocenters. The van der Waals surface area contributed by atoms with Crippen LogP contribution in [0.25, 0.3) is 0 Å². The van der Waals surface area contributed by atoms with Crippen LogP contribution >= 0.6 is 0 Å². The van der Waals surface area contributed by atoms with Gasteiger partial charge in [-0.1, -0.05) is 64.9 Å². The molecule has 10 nitrogen and oxygen atoms in total. The van der Waals surface area contributed by atoms with Crippen LogP contribution in [0.5, 0.6) is 5.75 Å². The number of halogens is 6. The van der Waals surface area contributed by atoms with Gasteiger partial charge in [0.25, 0.3) is 0 Å². The number of hydrogen-bond acceptors (Lipinski definition) is 9. The average Bonchev–Trinajstić information content (AvgIpc) is 2.91. The Bertz CT molecular complexity index is 1350. The zero-order valence-electron chi connectivity index (χ0n) is 23.9. The molecule has 0 bridgehead atoms. The first-order chi connectivity index (χ1) is 20.1. The zero-order valence-corrected chi connectivity index (χ0v) is 25.5. The molecular weight excluding hydrogens is 650 g/mol. The molecule has 0 fully saturated rings. The van der Waals surface area contributed by atoms with E-state index in [0.29, 0.717) is 18.6 Å². The van der Waals surface area contributed by atoms with Gasteiger partial charge in [0.2, 0.25) is 6.29 Å². The summed E-state index contributed by atoms with van der Waals surface area (Å²) in [4.78, 5) is 24.6. The third-order valence-corrected chi connectivity index (χ3v) is 8.23. The number of carbonyl (C=O) groups excluding carboxylic acids is 2. The fourth-order valence-electron chi connectivity index (χ4n) is 3.48. The van der Waals surface area contributed by atoms with Crippen molar-refractivity contribution in [3.63, 3.8) is 0 Å². The van der Waals surface area contributed by atoms with E-state index >= 15 is 0 Å². The smallest absolute Gasteiger partial charge is 0.422 e. The number of alkyl halides is 6. The lowest BCUT2D eigenvalue weighted by molar-refractivity contribution is -0.247. The number of esters is 2. The summed E-state index contributed by atoms with van der Waals surface area (Å²) in [7, 11) is -14.2. The van der Waals surface area contributed by atoms with Crippen LogP contribution in [0.15, 0.2) is 36.4 Å². The van der Waals surface area contributed by atoms with Crippen molar-refractivity contribution >= 4 is 32.2 Å². The minimum absolute atomic E-state index is 0.0116. The van der Waals surface area contributed by atoms with Crippen LogP contribution < -0.4 is 4.18 Å². The van der Waals surface area contributed by atoms with Crippen molar-refractivity contribution in [1.29, 1.82) is 0 Å². The fourth-order valence-corrected chi connectivity index (χ4v) is 4.91. The fraction of sp³-hybridized carbons (Fsp3) is 0.615. The lowest BCUT2D eigenvalue weighted by Crippen LogP contribution is -2.61. The summed E-state index contributed by atoms with van der Waals surface area (Å²) < 4.78 is 149. The maximum Gasteiger partial charge on any atom is 0.450 e. The SMILES string of the molecule is C=C(C)C(=O)OC(CCCCCCCCCCC)OC(=O)c1ccc(OS(=O)(=O)C(F)(F)C(F)(F)C(F)(F)S(=O)(=O)O)cc1. The van der Waals surface area contributed by atoms with Crippen molar-refractivity contribution < 1.29 is 71.0 Å². The molecule has 1 rings (SSSR count). The third kappa shape index (κ3) is 10.1. The Labute approximate surface area is 251 Å². The van der Waals surface area contributed by atoms with Gasteiger partial charge in [-0.2, -0.15) is 43.2 Å². The van der Waals surface area contributed by atoms with Gasteiger partial charge in [0.15, 0.2) is 0 Å². The van der Waals surface area contributed by atoms with E-state index in [4.69, 9.17) is 14.0 Å². The van der Waals surface area contributed by atoms with E-state index in [1.807, 2.05) is 0 Å². The molecule has 1 N–H and O–H groups in total. The predicted molar refractivity (Wildman–Crippen MR) is 144 cm³/mol. The van der Waals surface area contributed by atoms with Crippen molar-refractivity contribution in [3.05, 3.63) is 42.0 Å². The van der Waals surface area contributed by atoms with Crippen LogP contribution in [-0.4, -0.2) is 56.0 Å². The second-order valence-corrected chi connectivity index (χ2v) is 12.8. The van der Waals surface area contributed by atoms with Crippen LogP contribution in [0.1, 0.15) is 88.4 Å². The zero-order chi connectivity index (χ0) is 34.0. The maximum absolute atomic E-state index is 14.0. The van der Waals surface area contributed by atoms with E-state index in [0.717, 1.165) is 57.1 Å². The Balaban J connectivity index is 2.93. The first-order valence-electron chi connectivity index (χ1n) is 13.3. The molecule has 0 saturated carbocycles. The Hall–Kier alpha value is -2.86. The summed E-state index contributed by atoms with van der Waals surface area (Å²) in [5.41, 5.74) is -0.370. The Kier molecular flexibility index (Phi) is 14.2. The van der Waals surface area contributed by atoms with Crippen LogP contribution in [0, 0.1) is 0 Å². The van der Waals surface area contributed by atoms with Crippen molar-refractivity contribution in [2.75, 3.05) is 0 Å². The van der Waals surface area contributed by atoms with E-state index in [1.54, 1.807) is 0 Å². The normalized spacial score (nSPS) is 13.7. The molecule has 0 aliphatic carbocycles. The van der Waals surface area contributed by atoms with E-state index in [1.165, 1.54) is 13.3 Å². The number of hydrogen-bond donors (Lipinski definition) is 1. The third-order valence-electron chi connectivity index (χ3n) is 6.03. The number of unbranched alkanes of at least 4 members (excludes halogenated alkanes) is 8. The summed E-state index contributed by atoms with van der Waals surface area (Å²) in [6.45, 7) is 6.90. The van der Waals surface area contributed by atoms with Gasteiger partial charge in [-0.3, -0.25) is 4.55 Å². The quantitative estimate of drug-likeness (QED) is 0.0302. The van der Waals surface area contributed by atoms with Gasteiger partial charge in [-0.05, 0) is 37.6 Å². The molecule has 0 amide bonds. The number of rotatable bonds is 20. The first kappa shape index (κ1) is 39.2. The molecule has 252 valence electrons. The summed E-state index contributed by atoms with van der Waals surface area (Å²) >= 11 is 0. The molecule has 1 aromatic carbocycles. The van der Waals surface area contributed by atoms with Crippen molar-refractivity contribution in [1.82, 2.24) is 0 Å². The molecule has 0 heterocycles. The number of benzene rings is 1. The van der Waals surface area contributed by atoms with Crippen molar-refractivity contribution in [2.45, 2.75) is 101 Å². The molecule has 44 heavy (non-hydrogen) atoms. The average molecular weight is 685 g/mol.